The van der Waals surface area contributed by atoms with Crippen LogP contribution in [0.25, 0.3) is 0 Å². The molecule has 1 aromatic carbocycles. The van der Waals surface area contributed by atoms with Gasteiger partial charge in [-0.05, 0) is 5.56 Å². The number of nitrogens with zero attached hydrogens (tertiary/aromatic N) is 1. The fraction of sp³-hybridized carbons (Fsp3) is 0.353. The van der Waals surface area contributed by atoms with E-state index in [4.69, 9.17) is 0 Å². The number of hydrogen-bond donors (Lipinski definition) is 0. The van der Waals surface area contributed by atoms with E-state index in [0.29, 0.717) is 12.3 Å². The molecule has 1 spiro atoms. The van der Waals surface area contributed by atoms with Gasteiger partial charge < -0.3 is 0 Å². The molecule has 2 nitrogen and oxygen atoms in total. The van der Waals surface area contributed by atoms with Crippen LogP contribution < -0.4 is 0 Å². The number of carbonyl (C=O) groups excluding carboxylic acids is 1. The summed E-state index contributed by atoms with van der Waals surface area (Å²) in [5.41, 5.74) is 3.50. The maximum absolute atomic E-state index is 12.5. The molecule has 0 amide bonds. The van der Waals surface area contributed by atoms with Crippen molar-refractivity contribution < 1.29 is 9.28 Å². The quantitative estimate of drug-likeness (QED) is 0.596. The minimum absolute atomic E-state index is 0.274. The first-order chi connectivity index (χ1) is 9.13. The van der Waals surface area contributed by atoms with Crippen molar-refractivity contribution in [2.24, 2.45) is 5.92 Å². The second kappa shape index (κ2) is 4.46. The van der Waals surface area contributed by atoms with Gasteiger partial charge in [-0.1, -0.05) is 44.2 Å². The zero-order valence-corrected chi connectivity index (χ0v) is 11.6. The number of allylic oxidation sites excluding steroid dienone is 4. The van der Waals surface area contributed by atoms with Gasteiger partial charge in [-0.15, -0.1) is 0 Å². The predicted molar refractivity (Wildman–Crippen MR) is 76.2 cm³/mol. The topological polar surface area (TPSA) is 17.1 Å². The van der Waals surface area contributed by atoms with Gasteiger partial charge in [0.25, 0.3) is 0 Å². The third kappa shape index (κ3) is 2.06. The number of hydrogen-bond acceptors (Lipinski definition) is 1. The van der Waals surface area contributed by atoms with Crippen LogP contribution in [0.5, 0.6) is 0 Å². The van der Waals surface area contributed by atoms with Crippen LogP contribution in [0.15, 0.2) is 53.9 Å². The number of ketones is 1. The van der Waals surface area contributed by atoms with E-state index in [1.165, 1.54) is 5.70 Å². The van der Waals surface area contributed by atoms with Crippen molar-refractivity contribution in [2.45, 2.75) is 20.3 Å². The van der Waals surface area contributed by atoms with Crippen LogP contribution in [0.2, 0.25) is 0 Å². The Kier molecular flexibility index (Phi) is 2.90. The first-order valence-electron chi connectivity index (χ1n) is 7.01. The molecule has 1 aromatic rings. The number of quaternary nitrogens is 1. The molecule has 0 aromatic heterocycles. The summed E-state index contributed by atoms with van der Waals surface area (Å²) in [4.78, 5) is 12.5. The van der Waals surface area contributed by atoms with E-state index in [-0.39, 0.29) is 5.78 Å². The Morgan fingerprint density at radius 3 is 2.42 bits per heavy atom. The van der Waals surface area contributed by atoms with E-state index in [2.05, 4.69) is 19.9 Å². The average Bonchev–Trinajstić information content (AvgIpc) is 3.04. The minimum Gasteiger partial charge on any atom is -0.288 e. The molecule has 1 fully saturated rings. The Labute approximate surface area is 114 Å². The summed E-state index contributed by atoms with van der Waals surface area (Å²) in [6.45, 7) is 6.61. The summed E-state index contributed by atoms with van der Waals surface area (Å²) in [6, 6.07) is 10.0. The molecule has 0 bridgehead atoms. The SMILES string of the molecule is CC(C)C1=CC=C(C(=O)Cc2ccccc2)[N+]12CC2. The second-order valence-corrected chi connectivity index (χ2v) is 5.80. The number of rotatable bonds is 4. The van der Waals surface area contributed by atoms with Gasteiger partial charge in [0.05, 0.1) is 0 Å². The van der Waals surface area contributed by atoms with E-state index in [0.717, 1.165) is 28.8 Å². The summed E-state index contributed by atoms with van der Waals surface area (Å²) >= 11 is 0. The molecular weight excluding hydrogens is 234 g/mol. The van der Waals surface area contributed by atoms with Gasteiger partial charge in [-0.25, -0.2) is 4.48 Å². The number of Topliss-reactive ketones (excluding diaryl/α,β-unsaturated/α-hetero) is 1. The summed E-state index contributed by atoms with van der Waals surface area (Å²) in [6.07, 6.45) is 4.73. The van der Waals surface area contributed by atoms with E-state index >= 15 is 0 Å². The molecule has 1 saturated heterocycles. The third-order valence-electron chi connectivity index (χ3n) is 4.12. The van der Waals surface area contributed by atoms with Crippen molar-refractivity contribution in [3.05, 3.63) is 59.4 Å². The van der Waals surface area contributed by atoms with Crippen LogP contribution in [0.4, 0.5) is 0 Å². The van der Waals surface area contributed by atoms with Gasteiger partial charge in [0.2, 0.25) is 5.78 Å². The predicted octanol–water partition coefficient (Wildman–Crippen LogP) is 3.07. The first-order valence-corrected chi connectivity index (χ1v) is 7.01. The molecule has 98 valence electrons. The zero-order chi connectivity index (χ0) is 13.5. The molecule has 19 heavy (non-hydrogen) atoms. The summed E-state index contributed by atoms with van der Waals surface area (Å²) in [5.74, 6) is 0.788. The van der Waals surface area contributed by atoms with Gasteiger partial charge in [-0.2, -0.15) is 0 Å². The lowest BCUT2D eigenvalue weighted by molar-refractivity contribution is -0.710. The molecule has 0 radical (unpaired) electrons. The van der Waals surface area contributed by atoms with Crippen molar-refractivity contribution in [3.8, 4) is 0 Å². The maximum atomic E-state index is 12.5. The Balaban J connectivity index is 1.77. The molecule has 2 heterocycles. The highest BCUT2D eigenvalue weighted by Crippen LogP contribution is 2.43. The molecule has 2 aliphatic heterocycles. The van der Waals surface area contributed by atoms with Gasteiger partial charge in [0.1, 0.15) is 18.8 Å². The Hall–Kier alpha value is -1.67. The minimum atomic E-state index is 0.274. The molecular formula is C17H20NO+. The molecule has 0 atom stereocenters. The Morgan fingerprint density at radius 1 is 1.16 bits per heavy atom. The van der Waals surface area contributed by atoms with E-state index in [1.807, 2.05) is 36.4 Å². The number of carbonyl (C=O) groups is 1. The highest BCUT2D eigenvalue weighted by Gasteiger charge is 2.55. The molecule has 0 N–H and O–H groups in total. The van der Waals surface area contributed by atoms with E-state index < -0.39 is 0 Å². The summed E-state index contributed by atoms with van der Waals surface area (Å²) in [7, 11) is 0. The monoisotopic (exact) mass is 254 g/mol. The highest BCUT2D eigenvalue weighted by molar-refractivity contribution is 5.96. The molecule has 0 saturated carbocycles. The highest BCUT2D eigenvalue weighted by atomic mass is 16.1. The fourth-order valence-electron chi connectivity index (χ4n) is 3.08. The molecule has 0 aliphatic carbocycles. The van der Waals surface area contributed by atoms with Crippen molar-refractivity contribution in [3.63, 3.8) is 0 Å². The molecule has 0 unspecified atom stereocenters. The standard InChI is InChI=1S/C17H20NO/c1-13(2)15-8-9-16(18(15)10-11-18)17(19)12-14-6-4-3-5-7-14/h3-9,13H,10-12H2,1-2H3/q+1. The van der Waals surface area contributed by atoms with Crippen LogP contribution in [-0.2, 0) is 11.2 Å². The van der Waals surface area contributed by atoms with Crippen LogP contribution in [0.3, 0.4) is 0 Å². The summed E-state index contributed by atoms with van der Waals surface area (Å²) < 4.78 is 0.837. The van der Waals surface area contributed by atoms with Gasteiger partial charge in [0, 0.05) is 24.5 Å². The molecule has 3 rings (SSSR count). The van der Waals surface area contributed by atoms with Crippen molar-refractivity contribution in [1.82, 2.24) is 0 Å². The zero-order valence-electron chi connectivity index (χ0n) is 11.6. The average molecular weight is 254 g/mol. The van der Waals surface area contributed by atoms with Crippen LogP contribution in [0.1, 0.15) is 19.4 Å². The van der Waals surface area contributed by atoms with Crippen LogP contribution in [0, 0.1) is 5.92 Å². The van der Waals surface area contributed by atoms with Crippen LogP contribution >= 0.6 is 0 Å². The second-order valence-electron chi connectivity index (χ2n) is 5.80. The van der Waals surface area contributed by atoms with Crippen molar-refractivity contribution >= 4 is 5.78 Å². The Morgan fingerprint density at radius 2 is 1.84 bits per heavy atom. The lowest BCUT2D eigenvalue weighted by Crippen LogP contribution is -2.29. The third-order valence-corrected chi connectivity index (χ3v) is 4.12. The molecule has 2 aliphatic rings. The lowest BCUT2D eigenvalue weighted by Gasteiger charge is -2.20. The van der Waals surface area contributed by atoms with E-state index in [1.54, 1.807) is 0 Å². The normalized spacial score (nSPS) is 19.5. The van der Waals surface area contributed by atoms with Gasteiger partial charge in [-0.3, -0.25) is 4.79 Å². The van der Waals surface area contributed by atoms with Gasteiger partial charge >= 0.3 is 0 Å². The number of benzene rings is 1. The largest absolute Gasteiger partial charge is 0.288 e. The molecule has 2 heteroatoms. The Bertz CT molecular complexity index is 562. The fourth-order valence-corrected chi connectivity index (χ4v) is 3.08. The summed E-state index contributed by atoms with van der Waals surface area (Å²) in [5, 5.41) is 0. The van der Waals surface area contributed by atoms with Gasteiger partial charge in [0.15, 0.2) is 5.70 Å². The maximum Gasteiger partial charge on any atom is 0.220 e. The van der Waals surface area contributed by atoms with Crippen molar-refractivity contribution in [2.75, 3.05) is 13.1 Å². The smallest absolute Gasteiger partial charge is 0.220 e. The van der Waals surface area contributed by atoms with Crippen molar-refractivity contribution in [1.29, 1.82) is 0 Å². The van der Waals surface area contributed by atoms with Crippen LogP contribution in [-0.4, -0.2) is 23.4 Å². The first kappa shape index (κ1) is 12.4. The lowest BCUT2D eigenvalue weighted by atomic mass is 10.1. The van der Waals surface area contributed by atoms with E-state index in [9.17, 15) is 4.79 Å².